The van der Waals surface area contributed by atoms with Gasteiger partial charge in [-0.3, -0.25) is 0 Å². The van der Waals surface area contributed by atoms with Crippen LogP contribution in [0.5, 0.6) is 11.5 Å². The molecule has 4 N–H and O–H groups in total. The van der Waals surface area contributed by atoms with Gasteiger partial charge in [0, 0.05) is 12.5 Å². The summed E-state index contributed by atoms with van der Waals surface area (Å²) in [4.78, 5) is 12.3. The molecule has 1 aromatic rings. The zero-order valence-corrected chi connectivity index (χ0v) is 14.4. The van der Waals surface area contributed by atoms with Gasteiger partial charge in [0.05, 0.1) is 13.7 Å². The van der Waals surface area contributed by atoms with Gasteiger partial charge < -0.3 is 39.4 Å². The Balaban J connectivity index is 1.94. The Morgan fingerprint density at radius 1 is 1.19 bits per heavy atom. The number of carbonyl (C=O) groups is 1. The molecule has 0 unspecified atom stereocenters. The average Bonchev–Trinajstić information content (AvgIpc) is 2.61. The summed E-state index contributed by atoms with van der Waals surface area (Å²) >= 11 is 0. The van der Waals surface area contributed by atoms with Crippen molar-refractivity contribution in [3.05, 3.63) is 23.3 Å². The summed E-state index contributed by atoms with van der Waals surface area (Å²) in [7, 11) is 1.46. The summed E-state index contributed by atoms with van der Waals surface area (Å²) in [5, 5.41) is 39.1. The van der Waals surface area contributed by atoms with E-state index in [2.05, 4.69) is 0 Å². The first-order valence-electron chi connectivity index (χ1n) is 8.24. The second-order valence-corrected chi connectivity index (χ2v) is 6.39. The van der Waals surface area contributed by atoms with Crippen LogP contribution in [-0.4, -0.2) is 76.9 Å². The van der Waals surface area contributed by atoms with E-state index >= 15 is 0 Å². The molecular formula is C17H22O9. The van der Waals surface area contributed by atoms with Gasteiger partial charge in [-0.15, -0.1) is 0 Å². The van der Waals surface area contributed by atoms with Crippen LogP contribution in [0.2, 0.25) is 0 Å². The van der Waals surface area contributed by atoms with Crippen LogP contribution in [0.4, 0.5) is 0 Å². The fourth-order valence-electron chi connectivity index (χ4n) is 3.13. The number of carbonyl (C=O) groups excluding carboxylic acids is 1. The van der Waals surface area contributed by atoms with E-state index in [1.54, 1.807) is 13.0 Å². The van der Waals surface area contributed by atoms with Crippen molar-refractivity contribution in [2.45, 2.75) is 50.2 Å². The number of cyclic esters (lactones) is 1. The van der Waals surface area contributed by atoms with Gasteiger partial charge in [-0.2, -0.15) is 0 Å². The summed E-state index contributed by atoms with van der Waals surface area (Å²) in [5.74, 6) is -0.0909. The molecule has 6 atom stereocenters. The van der Waals surface area contributed by atoms with Crippen LogP contribution < -0.4 is 9.47 Å². The molecule has 3 rings (SSSR count). The molecule has 144 valence electrons. The summed E-state index contributed by atoms with van der Waals surface area (Å²) in [6, 6.07) is 3.14. The fraction of sp³-hybridized carbons (Fsp3) is 0.588. The highest BCUT2D eigenvalue weighted by molar-refractivity contribution is 5.95. The van der Waals surface area contributed by atoms with Crippen molar-refractivity contribution >= 4 is 5.97 Å². The highest BCUT2D eigenvalue weighted by atomic mass is 16.7. The van der Waals surface area contributed by atoms with Gasteiger partial charge in [0.2, 0.25) is 6.29 Å². The Morgan fingerprint density at radius 2 is 1.92 bits per heavy atom. The Morgan fingerprint density at radius 3 is 2.58 bits per heavy atom. The van der Waals surface area contributed by atoms with Crippen molar-refractivity contribution in [1.82, 2.24) is 0 Å². The van der Waals surface area contributed by atoms with Crippen molar-refractivity contribution in [2.75, 3.05) is 13.7 Å². The molecule has 0 aliphatic carbocycles. The van der Waals surface area contributed by atoms with Crippen molar-refractivity contribution in [3.8, 4) is 11.5 Å². The van der Waals surface area contributed by atoms with E-state index in [0.717, 1.165) is 0 Å². The van der Waals surface area contributed by atoms with Crippen LogP contribution >= 0.6 is 0 Å². The summed E-state index contributed by atoms with van der Waals surface area (Å²) in [5.41, 5.74) is 0.841. The van der Waals surface area contributed by atoms with Gasteiger partial charge in [-0.25, -0.2) is 4.79 Å². The third kappa shape index (κ3) is 3.36. The molecule has 26 heavy (non-hydrogen) atoms. The maximum absolute atomic E-state index is 12.3. The van der Waals surface area contributed by atoms with E-state index in [1.165, 1.54) is 13.2 Å². The molecule has 0 radical (unpaired) electrons. The largest absolute Gasteiger partial charge is 0.497 e. The number of fused-ring (bicyclic) bond motifs is 1. The fourth-order valence-corrected chi connectivity index (χ4v) is 3.13. The SMILES string of the molecule is COc1cc2c(c(O[C@@H]3O[C@H](CO)[C@@H](O)[C@H](O)[C@H]3O)c1)C(=O)O[C@H](C)C2. The van der Waals surface area contributed by atoms with Crippen LogP contribution in [0.1, 0.15) is 22.8 Å². The molecule has 2 aliphatic rings. The molecule has 2 aliphatic heterocycles. The van der Waals surface area contributed by atoms with Crippen LogP contribution in [0.25, 0.3) is 0 Å². The first-order valence-corrected chi connectivity index (χ1v) is 8.24. The zero-order chi connectivity index (χ0) is 19.0. The van der Waals surface area contributed by atoms with Gasteiger partial charge in [0.15, 0.2) is 0 Å². The maximum atomic E-state index is 12.3. The van der Waals surface area contributed by atoms with Crippen LogP contribution in [0.15, 0.2) is 12.1 Å². The van der Waals surface area contributed by atoms with E-state index in [1.807, 2.05) is 0 Å². The van der Waals surface area contributed by atoms with Gasteiger partial charge in [0.1, 0.15) is 47.6 Å². The number of aliphatic hydroxyl groups is 4. The van der Waals surface area contributed by atoms with Crippen molar-refractivity contribution < 1.29 is 44.2 Å². The molecule has 0 bridgehead atoms. The Labute approximate surface area is 149 Å². The summed E-state index contributed by atoms with van der Waals surface area (Å²) < 4.78 is 21.4. The van der Waals surface area contributed by atoms with Crippen LogP contribution in [0.3, 0.4) is 0 Å². The lowest BCUT2D eigenvalue weighted by molar-refractivity contribution is -0.277. The van der Waals surface area contributed by atoms with Crippen molar-refractivity contribution in [1.29, 1.82) is 0 Å². The molecule has 0 spiro atoms. The average molecular weight is 370 g/mol. The Kier molecular flexibility index (Phi) is 5.35. The molecule has 0 amide bonds. The molecule has 9 heteroatoms. The minimum atomic E-state index is -1.59. The second-order valence-electron chi connectivity index (χ2n) is 6.39. The van der Waals surface area contributed by atoms with Gasteiger partial charge in [-0.05, 0) is 18.6 Å². The normalized spacial score (nSPS) is 34.0. The highest BCUT2D eigenvalue weighted by Gasteiger charge is 2.45. The first-order chi connectivity index (χ1) is 12.3. The quantitative estimate of drug-likeness (QED) is 0.491. The molecule has 0 aromatic heterocycles. The lowest BCUT2D eigenvalue weighted by Crippen LogP contribution is -2.60. The first kappa shape index (κ1) is 18.9. The van der Waals surface area contributed by atoms with E-state index in [0.29, 0.717) is 17.7 Å². The number of esters is 1. The second kappa shape index (κ2) is 7.37. The number of aliphatic hydroxyl groups excluding tert-OH is 4. The lowest BCUT2D eigenvalue weighted by Gasteiger charge is -2.40. The third-order valence-corrected chi connectivity index (χ3v) is 4.50. The summed E-state index contributed by atoms with van der Waals surface area (Å²) in [6.07, 6.45) is -7.04. The molecule has 9 nitrogen and oxygen atoms in total. The standard InChI is InChI=1S/C17H22O9/c1-7-3-8-4-9(23-2)5-10(12(8)16(22)24-7)25-17-15(21)14(20)13(19)11(6-18)26-17/h4-5,7,11,13-15,17-21H,3,6H2,1-2H3/t7-,11-,13-,14+,15-,17-/m1/s1. The number of rotatable bonds is 4. The molecule has 1 fully saturated rings. The summed E-state index contributed by atoms with van der Waals surface area (Å²) in [6.45, 7) is 1.18. The minimum absolute atomic E-state index is 0.0561. The Hall–Kier alpha value is -1.91. The predicted molar refractivity (Wildman–Crippen MR) is 86.0 cm³/mol. The van der Waals surface area contributed by atoms with Gasteiger partial charge in [0.25, 0.3) is 0 Å². The van der Waals surface area contributed by atoms with Crippen molar-refractivity contribution in [2.24, 2.45) is 0 Å². The van der Waals surface area contributed by atoms with Crippen LogP contribution in [-0.2, 0) is 15.9 Å². The van der Waals surface area contributed by atoms with E-state index in [-0.39, 0.29) is 17.4 Å². The predicted octanol–water partition coefficient (Wildman–Crippen LogP) is -1.02. The monoisotopic (exact) mass is 370 g/mol. The maximum Gasteiger partial charge on any atom is 0.342 e. The number of benzene rings is 1. The van der Waals surface area contributed by atoms with Gasteiger partial charge >= 0.3 is 5.97 Å². The van der Waals surface area contributed by atoms with E-state index in [9.17, 15) is 25.2 Å². The molecular weight excluding hydrogens is 348 g/mol. The van der Waals surface area contributed by atoms with Crippen LogP contribution in [0, 0.1) is 0 Å². The molecule has 1 saturated heterocycles. The smallest absolute Gasteiger partial charge is 0.342 e. The molecule has 0 saturated carbocycles. The number of hydrogen-bond donors (Lipinski definition) is 4. The number of ether oxygens (including phenoxy) is 4. The van der Waals surface area contributed by atoms with E-state index in [4.69, 9.17) is 18.9 Å². The number of hydrogen-bond acceptors (Lipinski definition) is 9. The molecule has 2 heterocycles. The topological polar surface area (TPSA) is 135 Å². The number of methoxy groups -OCH3 is 1. The van der Waals surface area contributed by atoms with E-state index < -0.39 is 43.3 Å². The van der Waals surface area contributed by atoms with Gasteiger partial charge in [-0.1, -0.05) is 0 Å². The molecule has 1 aromatic carbocycles. The minimum Gasteiger partial charge on any atom is -0.497 e. The lowest BCUT2D eigenvalue weighted by atomic mass is 9.97. The highest BCUT2D eigenvalue weighted by Crippen LogP contribution is 2.35. The third-order valence-electron chi connectivity index (χ3n) is 4.50. The Bertz CT molecular complexity index is 674. The van der Waals surface area contributed by atoms with Crippen molar-refractivity contribution in [3.63, 3.8) is 0 Å². The zero-order valence-electron chi connectivity index (χ0n) is 14.4.